The Kier molecular flexibility index (Phi) is 5.13. The summed E-state index contributed by atoms with van der Waals surface area (Å²) < 4.78 is 5.16. The predicted octanol–water partition coefficient (Wildman–Crippen LogP) is 2.40. The Labute approximate surface area is 107 Å². The van der Waals surface area contributed by atoms with E-state index in [2.05, 4.69) is 11.4 Å². The van der Waals surface area contributed by atoms with Gasteiger partial charge in [0.25, 0.3) is 0 Å². The Morgan fingerprint density at radius 1 is 1.59 bits per heavy atom. The zero-order valence-corrected chi connectivity index (χ0v) is 11.5. The van der Waals surface area contributed by atoms with Crippen LogP contribution in [0.3, 0.4) is 0 Å². The minimum absolute atomic E-state index is 0.0451. The van der Waals surface area contributed by atoms with Crippen molar-refractivity contribution in [3.05, 3.63) is 0 Å². The molecule has 0 bridgehead atoms. The van der Waals surface area contributed by atoms with Crippen molar-refractivity contribution < 1.29 is 9.53 Å². The highest BCUT2D eigenvalue weighted by Crippen LogP contribution is 2.27. The number of alkyl carbamates (subject to hydrolysis) is 1. The average molecular weight is 256 g/mol. The highest BCUT2D eigenvalue weighted by molar-refractivity contribution is 7.99. The second kappa shape index (κ2) is 6.15. The highest BCUT2D eigenvalue weighted by Gasteiger charge is 2.26. The van der Waals surface area contributed by atoms with Crippen molar-refractivity contribution in [1.29, 1.82) is 5.26 Å². The number of nitriles is 1. The van der Waals surface area contributed by atoms with Crippen LogP contribution in [0.25, 0.3) is 0 Å². The number of thioether (sulfide) groups is 1. The van der Waals surface area contributed by atoms with Crippen molar-refractivity contribution in [2.75, 3.05) is 18.1 Å². The SMILES string of the molecule is CC(C)(C)OC(=O)NCC1CCSCC1C#N. The molecule has 1 aliphatic heterocycles. The average Bonchev–Trinajstić information content (AvgIpc) is 2.24. The number of carbonyl (C=O) groups excluding carboxylic acids is 1. The largest absolute Gasteiger partial charge is 0.444 e. The minimum Gasteiger partial charge on any atom is -0.444 e. The number of amides is 1. The Morgan fingerprint density at radius 3 is 2.88 bits per heavy atom. The van der Waals surface area contributed by atoms with Crippen LogP contribution >= 0.6 is 11.8 Å². The van der Waals surface area contributed by atoms with Crippen LogP contribution in [0.2, 0.25) is 0 Å². The van der Waals surface area contributed by atoms with Gasteiger partial charge in [0.15, 0.2) is 0 Å². The molecule has 2 unspecified atom stereocenters. The lowest BCUT2D eigenvalue weighted by Crippen LogP contribution is -2.38. The van der Waals surface area contributed by atoms with Gasteiger partial charge in [-0.2, -0.15) is 17.0 Å². The Bertz CT molecular complexity index is 307. The van der Waals surface area contributed by atoms with Crippen molar-refractivity contribution in [2.45, 2.75) is 32.8 Å². The molecule has 4 nitrogen and oxygen atoms in total. The summed E-state index contributed by atoms with van der Waals surface area (Å²) in [4.78, 5) is 11.5. The molecule has 0 radical (unpaired) electrons. The van der Waals surface area contributed by atoms with Crippen molar-refractivity contribution in [3.63, 3.8) is 0 Å². The zero-order valence-electron chi connectivity index (χ0n) is 10.7. The van der Waals surface area contributed by atoms with Crippen LogP contribution < -0.4 is 5.32 Å². The van der Waals surface area contributed by atoms with Crippen LogP contribution in [-0.4, -0.2) is 29.7 Å². The van der Waals surface area contributed by atoms with Crippen molar-refractivity contribution >= 4 is 17.9 Å². The van der Waals surface area contributed by atoms with Gasteiger partial charge in [-0.3, -0.25) is 0 Å². The van der Waals surface area contributed by atoms with Gasteiger partial charge in [-0.1, -0.05) is 0 Å². The minimum atomic E-state index is -0.471. The molecular formula is C12H20N2O2S. The first-order valence-corrected chi connectivity index (χ1v) is 7.02. The molecule has 17 heavy (non-hydrogen) atoms. The molecule has 1 rings (SSSR count). The molecule has 0 aromatic carbocycles. The van der Waals surface area contributed by atoms with Gasteiger partial charge in [0, 0.05) is 12.3 Å². The molecule has 1 N–H and O–H groups in total. The summed E-state index contributed by atoms with van der Waals surface area (Å²) in [6, 6.07) is 2.31. The number of hydrogen-bond acceptors (Lipinski definition) is 4. The van der Waals surface area contributed by atoms with Crippen LogP contribution in [0.5, 0.6) is 0 Å². The normalized spacial score (nSPS) is 24.8. The maximum Gasteiger partial charge on any atom is 0.407 e. The van der Waals surface area contributed by atoms with E-state index in [0.29, 0.717) is 6.54 Å². The van der Waals surface area contributed by atoms with Crippen LogP contribution in [-0.2, 0) is 4.74 Å². The monoisotopic (exact) mass is 256 g/mol. The number of rotatable bonds is 2. The van der Waals surface area contributed by atoms with E-state index in [1.165, 1.54) is 0 Å². The van der Waals surface area contributed by atoms with Crippen LogP contribution in [0, 0.1) is 23.2 Å². The molecule has 5 heteroatoms. The van der Waals surface area contributed by atoms with Gasteiger partial charge in [-0.25, -0.2) is 4.79 Å². The van der Waals surface area contributed by atoms with E-state index in [4.69, 9.17) is 10.00 Å². The number of nitrogens with zero attached hydrogens (tertiary/aromatic N) is 1. The van der Waals surface area contributed by atoms with E-state index in [0.717, 1.165) is 17.9 Å². The summed E-state index contributed by atoms with van der Waals surface area (Å²) in [5.41, 5.74) is -0.471. The summed E-state index contributed by atoms with van der Waals surface area (Å²) in [6.07, 6.45) is 0.589. The molecule has 0 saturated carbocycles. The third-order valence-electron chi connectivity index (χ3n) is 2.57. The van der Waals surface area contributed by atoms with E-state index in [9.17, 15) is 4.79 Å². The number of ether oxygens (including phenoxy) is 1. The van der Waals surface area contributed by atoms with Crippen molar-refractivity contribution in [3.8, 4) is 6.07 Å². The molecule has 1 fully saturated rings. The van der Waals surface area contributed by atoms with Gasteiger partial charge in [0.2, 0.25) is 0 Å². The molecule has 1 saturated heterocycles. The highest BCUT2D eigenvalue weighted by atomic mass is 32.2. The van der Waals surface area contributed by atoms with Gasteiger partial charge in [-0.15, -0.1) is 0 Å². The lowest BCUT2D eigenvalue weighted by atomic mass is 9.92. The topological polar surface area (TPSA) is 62.1 Å². The fraction of sp³-hybridized carbons (Fsp3) is 0.833. The molecular weight excluding hydrogens is 236 g/mol. The molecule has 0 aliphatic carbocycles. The summed E-state index contributed by atoms with van der Waals surface area (Å²) in [5.74, 6) is 2.24. The first-order chi connectivity index (χ1) is 7.92. The molecule has 96 valence electrons. The van der Waals surface area contributed by atoms with Crippen molar-refractivity contribution in [2.24, 2.45) is 11.8 Å². The van der Waals surface area contributed by atoms with Gasteiger partial charge >= 0.3 is 6.09 Å². The van der Waals surface area contributed by atoms with E-state index in [1.54, 1.807) is 0 Å². The molecule has 1 amide bonds. The number of nitrogens with one attached hydrogen (secondary N) is 1. The van der Waals surface area contributed by atoms with E-state index in [1.807, 2.05) is 32.5 Å². The molecule has 1 heterocycles. The van der Waals surface area contributed by atoms with E-state index < -0.39 is 11.7 Å². The maximum absolute atomic E-state index is 11.5. The van der Waals surface area contributed by atoms with Crippen LogP contribution in [0.4, 0.5) is 4.79 Å². The van der Waals surface area contributed by atoms with Gasteiger partial charge in [0.05, 0.1) is 12.0 Å². The molecule has 0 aromatic heterocycles. The standard InChI is InChI=1S/C12H20N2O2S/c1-12(2,3)16-11(15)14-7-9-4-5-17-8-10(9)6-13/h9-10H,4-5,7-8H2,1-3H3,(H,14,15). The first kappa shape index (κ1) is 14.2. The van der Waals surface area contributed by atoms with Crippen molar-refractivity contribution in [1.82, 2.24) is 5.32 Å². The van der Waals surface area contributed by atoms with Gasteiger partial charge in [-0.05, 0) is 38.9 Å². The van der Waals surface area contributed by atoms with E-state index in [-0.39, 0.29) is 11.8 Å². The van der Waals surface area contributed by atoms with Gasteiger partial charge in [0.1, 0.15) is 5.60 Å². The summed E-state index contributed by atoms with van der Waals surface area (Å²) in [7, 11) is 0. The maximum atomic E-state index is 11.5. The lowest BCUT2D eigenvalue weighted by Gasteiger charge is -2.27. The molecule has 2 atom stereocenters. The third kappa shape index (κ3) is 5.31. The Balaban J connectivity index is 2.34. The summed E-state index contributed by atoms with van der Waals surface area (Å²) in [5, 5.41) is 11.8. The Hall–Kier alpha value is -0.890. The summed E-state index contributed by atoms with van der Waals surface area (Å²) in [6.45, 7) is 6.04. The van der Waals surface area contributed by atoms with Crippen LogP contribution in [0.15, 0.2) is 0 Å². The second-order valence-electron chi connectivity index (χ2n) is 5.24. The molecule has 1 aliphatic rings. The fourth-order valence-corrected chi connectivity index (χ4v) is 2.93. The lowest BCUT2D eigenvalue weighted by molar-refractivity contribution is 0.0516. The number of hydrogen-bond donors (Lipinski definition) is 1. The number of carbonyl (C=O) groups is 1. The zero-order chi connectivity index (χ0) is 12.9. The van der Waals surface area contributed by atoms with Gasteiger partial charge < -0.3 is 10.1 Å². The predicted molar refractivity (Wildman–Crippen MR) is 68.8 cm³/mol. The molecule has 0 aromatic rings. The summed E-state index contributed by atoms with van der Waals surface area (Å²) >= 11 is 1.81. The first-order valence-electron chi connectivity index (χ1n) is 5.86. The Morgan fingerprint density at radius 2 is 2.29 bits per heavy atom. The fourth-order valence-electron chi connectivity index (χ4n) is 1.70. The molecule has 0 spiro atoms. The smallest absolute Gasteiger partial charge is 0.407 e. The second-order valence-corrected chi connectivity index (χ2v) is 6.39. The van der Waals surface area contributed by atoms with Crippen LogP contribution in [0.1, 0.15) is 27.2 Å². The third-order valence-corrected chi connectivity index (χ3v) is 3.69. The van der Waals surface area contributed by atoms with E-state index >= 15 is 0 Å². The quantitative estimate of drug-likeness (QED) is 0.824.